The molecule has 8 heteroatoms. The fourth-order valence-electron chi connectivity index (χ4n) is 4.65. The maximum absolute atomic E-state index is 12.8. The third-order valence-corrected chi connectivity index (χ3v) is 6.73. The smallest absolute Gasteiger partial charge is 0.246 e. The maximum Gasteiger partial charge on any atom is 0.246 e. The molecule has 2 aliphatic rings. The quantitative estimate of drug-likeness (QED) is 0.535. The van der Waals surface area contributed by atoms with Gasteiger partial charge in [0.1, 0.15) is 5.76 Å². The van der Waals surface area contributed by atoms with Gasteiger partial charge >= 0.3 is 0 Å². The van der Waals surface area contributed by atoms with E-state index in [2.05, 4.69) is 22.9 Å². The van der Waals surface area contributed by atoms with Crippen molar-refractivity contribution in [3.63, 3.8) is 0 Å². The summed E-state index contributed by atoms with van der Waals surface area (Å²) in [5.74, 6) is 2.02. The SMILES string of the molecule is Cc1cc(/C=C/C(=O)N2CCC(C(=O)Nc3ccc4c(c3)OCO4)CC2)c(C)n1Cc1ccco1. The number of nitrogens with one attached hydrogen (secondary N) is 1. The summed E-state index contributed by atoms with van der Waals surface area (Å²) in [6, 6.07) is 11.3. The van der Waals surface area contributed by atoms with Gasteiger partial charge in [-0.3, -0.25) is 9.59 Å². The summed E-state index contributed by atoms with van der Waals surface area (Å²) >= 11 is 0. The van der Waals surface area contributed by atoms with E-state index >= 15 is 0 Å². The molecule has 0 saturated carbocycles. The highest BCUT2D eigenvalue weighted by atomic mass is 16.7. The van der Waals surface area contributed by atoms with E-state index < -0.39 is 0 Å². The highest BCUT2D eigenvalue weighted by Gasteiger charge is 2.27. The summed E-state index contributed by atoms with van der Waals surface area (Å²) < 4.78 is 18.3. The molecular formula is C27H29N3O5. The second-order valence-electron chi connectivity index (χ2n) is 8.98. The van der Waals surface area contributed by atoms with E-state index in [1.165, 1.54) is 0 Å². The zero-order valence-corrected chi connectivity index (χ0v) is 20.0. The minimum Gasteiger partial charge on any atom is -0.467 e. The second kappa shape index (κ2) is 9.74. The van der Waals surface area contributed by atoms with Crippen molar-refractivity contribution in [2.45, 2.75) is 33.2 Å². The van der Waals surface area contributed by atoms with Crippen LogP contribution in [-0.2, 0) is 16.1 Å². The molecule has 0 radical (unpaired) electrons. The van der Waals surface area contributed by atoms with Crippen molar-refractivity contribution >= 4 is 23.6 Å². The second-order valence-corrected chi connectivity index (χ2v) is 8.98. The summed E-state index contributed by atoms with van der Waals surface area (Å²) in [6.07, 6.45) is 6.45. The Hall–Kier alpha value is -3.94. The molecular weight excluding hydrogens is 446 g/mol. The number of fused-ring (bicyclic) bond motifs is 1. The maximum atomic E-state index is 12.8. The van der Waals surface area contributed by atoms with Gasteiger partial charge in [0.2, 0.25) is 18.6 Å². The number of carbonyl (C=O) groups excluding carboxylic acids is 2. The fraction of sp³-hybridized carbons (Fsp3) is 0.333. The van der Waals surface area contributed by atoms with Crippen LogP contribution in [0.5, 0.6) is 11.5 Å². The Morgan fingerprint density at radius 3 is 2.66 bits per heavy atom. The van der Waals surface area contributed by atoms with Crippen LogP contribution in [0.3, 0.4) is 0 Å². The number of piperidine rings is 1. The molecule has 182 valence electrons. The lowest BCUT2D eigenvalue weighted by Crippen LogP contribution is -2.40. The predicted molar refractivity (Wildman–Crippen MR) is 131 cm³/mol. The van der Waals surface area contributed by atoms with Crippen molar-refractivity contribution < 1.29 is 23.5 Å². The molecule has 2 aliphatic heterocycles. The van der Waals surface area contributed by atoms with Gasteiger partial charge in [0.05, 0.1) is 12.8 Å². The number of aromatic nitrogens is 1. The Morgan fingerprint density at radius 1 is 1.09 bits per heavy atom. The van der Waals surface area contributed by atoms with Gasteiger partial charge in [-0.2, -0.15) is 0 Å². The van der Waals surface area contributed by atoms with Gasteiger partial charge in [-0.15, -0.1) is 0 Å². The van der Waals surface area contributed by atoms with Gasteiger partial charge in [-0.05, 0) is 68.7 Å². The average Bonchev–Trinajstić information content (AvgIpc) is 3.60. The first-order valence-corrected chi connectivity index (χ1v) is 11.8. The van der Waals surface area contributed by atoms with Crippen molar-refractivity contribution in [1.29, 1.82) is 0 Å². The zero-order valence-electron chi connectivity index (χ0n) is 20.0. The lowest BCUT2D eigenvalue weighted by molar-refractivity contribution is -0.130. The lowest BCUT2D eigenvalue weighted by Gasteiger charge is -2.30. The molecule has 1 fully saturated rings. The molecule has 0 unspecified atom stereocenters. The molecule has 0 bridgehead atoms. The van der Waals surface area contributed by atoms with Gasteiger partial charge in [0.15, 0.2) is 11.5 Å². The van der Waals surface area contributed by atoms with Crippen molar-refractivity contribution in [2.24, 2.45) is 5.92 Å². The number of benzene rings is 1. The first-order chi connectivity index (χ1) is 17.0. The molecule has 8 nitrogen and oxygen atoms in total. The number of nitrogens with zero attached hydrogens (tertiary/aromatic N) is 2. The van der Waals surface area contributed by atoms with Crippen LogP contribution < -0.4 is 14.8 Å². The predicted octanol–water partition coefficient (Wildman–Crippen LogP) is 4.37. The van der Waals surface area contributed by atoms with Gasteiger partial charge in [0.25, 0.3) is 0 Å². The average molecular weight is 476 g/mol. The Kier molecular flexibility index (Phi) is 6.35. The Balaban J connectivity index is 1.14. The largest absolute Gasteiger partial charge is 0.467 e. The van der Waals surface area contributed by atoms with E-state index in [0.29, 0.717) is 49.7 Å². The molecule has 0 aliphatic carbocycles. The molecule has 0 spiro atoms. The number of furan rings is 1. The van der Waals surface area contributed by atoms with E-state index in [9.17, 15) is 9.59 Å². The molecule has 2 amide bonds. The van der Waals surface area contributed by atoms with Gasteiger partial charge in [0, 0.05) is 48.2 Å². The van der Waals surface area contributed by atoms with Crippen molar-refractivity contribution in [2.75, 3.05) is 25.2 Å². The normalized spacial score (nSPS) is 15.7. The number of hydrogen-bond donors (Lipinski definition) is 1. The lowest BCUT2D eigenvalue weighted by atomic mass is 9.95. The molecule has 4 heterocycles. The summed E-state index contributed by atoms with van der Waals surface area (Å²) in [7, 11) is 0. The molecule has 1 N–H and O–H groups in total. The van der Waals surface area contributed by atoms with Crippen LogP contribution in [0.15, 0.2) is 53.2 Å². The van der Waals surface area contributed by atoms with Crippen LogP contribution >= 0.6 is 0 Å². The first kappa shape index (κ1) is 22.8. The monoisotopic (exact) mass is 475 g/mol. The number of amides is 2. The van der Waals surface area contributed by atoms with Gasteiger partial charge in [-0.25, -0.2) is 0 Å². The van der Waals surface area contributed by atoms with Crippen LogP contribution in [0.2, 0.25) is 0 Å². The molecule has 2 aromatic heterocycles. The Morgan fingerprint density at radius 2 is 1.89 bits per heavy atom. The number of ether oxygens (including phenoxy) is 2. The van der Waals surface area contributed by atoms with E-state index in [1.54, 1.807) is 30.5 Å². The Bertz CT molecular complexity index is 1250. The van der Waals surface area contributed by atoms with E-state index in [4.69, 9.17) is 13.9 Å². The number of likely N-dealkylation sites (tertiary alicyclic amines) is 1. The highest BCUT2D eigenvalue weighted by molar-refractivity contribution is 5.94. The standard InChI is InChI=1S/C27H29N3O5/c1-18-14-21(19(2)30(18)16-23-4-3-13-33-23)5-8-26(31)29-11-9-20(10-12-29)27(32)28-22-6-7-24-25(15-22)35-17-34-24/h3-8,13-15,20H,9-12,16-17H2,1-2H3,(H,28,32)/b8-5+. The third kappa shape index (κ3) is 4.96. The van der Waals surface area contributed by atoms with E-state index in [0.717, 1.165) is 22.7 Å². The Labute approximate surface area is 204 Å². The summed E-state index contributed by atoms with van der Waals surface area (Å²) in [5, 5.41) is 2.96. The number of aryl methyl sites for hydroxylation is 1. The van der Waals surface area contributed by atoms with Crippen molar-refractivity contribution in [1.82, 2.24) is 9.47 Å². The fourth-order valence-corrected chi connectivity index (χ4v) is 4.65. The molecule has 5 rings (SSSR count). The first-order valence-electron chi connectivity index (χ1n) is 11.8. The summed E-state index contributed by atoms with van der Waals surface area (Å²) in [5.41, 5.74) is 3.90. The summed E-state index contributed by atoms with van der Waals surface area (Å²) in [6.45, 7) is 6.07. The van der Waals surface area contributed by atoms with E-state index in [-0.39, 0.29) is 24.5 Å². The topological polar surface area (TPSA) is 85.9 Å². The minimum atomic E-state index is -0.131. The van der Waals surface area contributed by atoms with E-state index in [1.807, 2.05) is 30.0 Å². The van der Waals surface area contributed by atoms with Crippen LogP contribution in [0.4, 0.5) is 5.69 Å². The molecule has 1 aromatic carbocycles. The highest BCUT2D eigenvalue weighted by Crippen LogP contribution is 2.34. The third-order valence-electron chi connectivity index (χ3n) is 6.73. The minimum absolute atomic E-state index is 0.0319. The van der Waals surface area contributed by atoms with Crippen molar-refractivity contribution in [3.05, 3.63) is 71.4 Å². The molecule has 3 aromatic rings. The number of carbonyl (C=O) groups is 2. The zero-order chi connectivity index (χ0) is 24.4. The molecule has 1 saturated heterocycles. The van der Waals surface area contributed by atoms with Crippen LogP contribution in [0.25, 0.3) is 6.08 Å². The van der Waals surface area contributed by atoms with Crippen LogP contribution in [0.1, 0.15) is 35.6 Å². The number of anilines is 1. The number of rotatable bonds is 6. The van der Waals surface area contributed by atoms with Gasteiger partial charge in [-0.1, -0.05) is 0 Å². The van der Waals surface area contributed by atoms with Crippen molar-refractivity contribution in [3.8, 4) is 11.5 Å². The van der Waals surface area contributed by atoms with Gasteiger partial charge < -0.3 is 28.7 Å². The van der Waals surface area contributed by atoms with Crippen LogP contribution in [0, 0.1) is 19.8 Å². The van der Waals surface area contributed by atoms with Crippen LogP contribution in [-0.4, -0.2) is 41.2 Å². The molecule has 35 heavy (non-hydrogen) atoms. The summed E-state index contributed by atoms with van der Waals surface area (Å²) in [4.78, 5) is 27.3. The number of hydrogen-bond acceptors (Lipinski definition) is 5. The molecule has 0 atom stereocenters.